The number of carbonyl (C=O) groups is 1. The summed E-state index contributed by atoms with van der Waals surface area (Å²) < 4.78 is 17.8. The van der Waals surface area contributed by atoms with E-state index >= 15 is 0 Å². The van der Waals surface area contributed by atoms with Gasteiger partial charge in [0.2, 0.25) is 0 Å². The Balaban J connectivity index is 3.20. The highest BCUT2D eigenvalue weighted by Gasteiger charge is 2.13. The molecule has 3 nitrogen and oxygen atoms in total. The highest BCUT2D eigenvalue weighted by Crippen LogP contribution is 2.21. The van der Waals surface area contributed by atoms with E-state index in [9.17, 15) is 9.18 Å². The van der Waals surface area contributed by atoms with Gasteiger partial charge in [-0.25, -0.2) is 4.39 Å². The Morgan fingerprint density at radius 3 is 2.77 bits per heavy atom. The van der Waals surface area contributed by atoms with Crippen LogP contribution in [0.3, 0.4) is 0 Å². The molecule has 4 heteroatoms. The molecule has 0 aliphatic heterocycles. The predicted octanol–water partition coefficient (Wildman–Crippen LogP) is 1.19. The van der Waals surface area contributed by atoms with Crippen LogP contribution in [0.4, 0.5) is 4.39 Å². The highest BCUT2D eigenvalue weighted by atomic mass is 19.1. The van der Waals surface area contributed by atoms with E-state index in [1.807, 2.05) is 0 Å². The van der Waals surface area contributed by atoms with E-state index < -0.39 is 5.82 Å². The zero-order chi connectivity index (χ0) is 9.84. The maximum Gasteiger partial charge on any atom is 0.254 e. The number of rotatable bonds is 2. The number of methoxy groups -OCH3 is 1. The van der Waals surface area contributed by atoms with Gasteiger partial charge in [0.05, 0.1) is 12.7 Å². The van der Waals surface area contributed by atoms with Crippen molar-refractivity contribution in [2.45, 2.75) is 0 Å². The summed E-state index contributed by atoms with van der Waals surface area (Å²) in [6.07, 6.45) is 0. The van der Waals surface area contributed by atoms with Gasteiger partial charge < -0.3 is 10.1 Å². The zero-order valence-electron chi connectivity index (χ0n) is 7.43. The van der Waals surface area contributed by atoms with E-state index in [0.29, 0.717) is 0 Å². The van der Waals surface area contributed by atoms with Crippen LogP contribution in [0.5, 0.6) is 5.75 Å². The van der Waals surface area contributed by atoms with E-state index in [-0.39, 0.29) is 17.2 Å². The molecule has 0 bridgehead atoms. The molecular formula is C9H10FNO2. The molecule has 0 aliphatic rings. The summed E-state index contributed by atoms with van der Waals surface area (Å²) in [7, 11) is 2.80. The highest BCUT2D eigenvalue weighted by molar-refractivity contribution is 5.96. The van der Waals surface area contributed by atoms with Gasteiger partial charge in [-0.1, -0.05) is 6.07 Å². The Labute approximate surface area is 75.5 Å². The van der Waals surface area contributed by atoms with Crippen molar-refractivity contribution in [3.63, 3.8) is 0 Å². The average molecular weight is 183 g/mol. The molecule has 1 amide bonds. The lowest BCUT2D eigenvalue weighted by Gasteiger charge is -2.07. The summed E-state index contributed by atoms with van der Waals surface area (Å²) in [6, 6.07) is 4.20. The number of ether oxygens (including phenoxy) is 1. The van der Waals surface area contributed by atoms with Crippen LogP contribution in [0.1, 0.15) is 10.4 Å². The van der Waals surface area contributed by atoms with E-state index in [0.717, 1.165) is 0 Å². The van der Waals surface area contributed by atoms with Crippen molar-refractivity contribution in [3.05, 3.63) is 29.6 Å². The molecule has 13 heavy (non-hydrogen) atoms. The summed E-state index contributed by atoms with van der Waals surface area (Å²) in [6.45, 7) is 0. The van der Waals surface area contributed by atoms with Crippen molar-refractivity contribution in [1.29, 1.82) is 0 Å². The molecule has 0 aliphatic carbocycles. The third-order valence-corrected chi connectivity index (χ3v) is 1.64. The Morgan fingerprint density at radius 2 is 2.23 bits per heavy atom. The van der Waals surface area contributed by atoms with Crippen LogP contribution in [0, 0.1) is 5.82 Å². The van der Waals surface area contributed by atoms with E-state index in [2.05, 4.69) is 5.32 Å². The van der Waals surface area contributed by atoms with Gasteiger partial charge in [-0.2, -0.15) is 0 Å². The minimum atomic E-state index is -0.538. The van der Waals surface area contributed by atoms with Gasteiger partial charge in [-0.3, -0.25) is 4.79 Å². The Hall–Kier alpha value is -1.58. The second-order valence-electron chi connectivity index (χ2n) is 2.40. The second kappa shape index (κ2) is 3.89. The minimum absolute atomic E-state index is 0.0261. The van der Waals surface area contributed by atoms with E-state index in [1.54, 1.807) is 0 Å². The number of para-hydroxylation sites is 1. The standard InChI is InChI=1S/C9H10FNO2/c1-11-9(12)6-4-3-5-7(10)8(6)13-2/h3-5H,1-2H3,(H,11,12). The molecule has 0 unspecified atom stereocenters. The fourth-order valence-electron chi connectivity index (χ4n) is 1.03. The van der Waals surface area contributed by atoms with Crippen molar-refractivity contribution in [3.8, 4) is 5.75 Å². The van der Waals surface area contributed by atoms with Crippen molar-refractivity contribution >= 4 is 5.91 Å². The maximum absolute atomic E-state index is 13.0. The number of amides is 1. The molecule has 0 atom stereocenters. The molecular weight excluding hydrogens is 173 g/mol. The molecule has 0 fully saturated rings. The van der Waals surface area contributed by atoms with Gasteiger partial charge in [0, 0.05) is 7.05 Å². The van der Waals surface area contributed by atoms with Crippen LogP contribution in [0.15, 0.2) is 18.2 Å². The molecule has 1 aromatic rings. The molecule has 0 spiro atoms. The fourth-order valence-corrected chi connectivity index (χ4v) is 1.03. The largest absolute Gasteiger partial charge is 0.493 e. The number of halogens is 1. The van der Waals surface area contributed by atoms with Gasteiger partial charge in [0.15, 0.2) is 11.6 Å². The van der Waals surface area contributed by atoms with Gasteiger partial charge in [0.1, 0.15) is 0 Å². The lowest BCUT2D eigenvalue weighted by atomic mass is 10.2. The average Bonchev–Trinajstić information content (AvgIpc) is 2.16. The molecule has 1 N–H and O–H groups in total. The minimum Gasteiger partial charge on any atom is -0.493 e. The number of hydrogen-bond acceptors (Lipinski definition) is 2. The first kappa shape index (κ1) is 9.51. The Bertz CT molecular complexity index is 325. The van der Waals surface area contributed by atoms with E-state index in [1.165, 1.54) is 32.4 Å². The molecule has 1 rings (SSSR count). The first-order valence-electron chi connectivity index (χ1n) is 3.75. The SMILES string of the molecule is CNC(=O)c1cccc(F)c1OC. The second-order valence-corrected chi connectivity index (χ2v) is 2.40. The molecule has 70 valence electrons. The molecule has 0 saturated heterocycles. The lowest BCUT2D eigenvalue weighted by Crippen LogP contribution is -2.18. The maximum atomic E-state index is 13.0. The first-order chi connectivity index (χ1) is 6.20. The summed E-state index contributed by atoms with van der Waals surface area (Å²) in [5.74, 6) is -0.929. The molecule has 0 radical (unpaired) electrons. The van der Waals surface area contributed by atoms with Crippen LogP contribution < -0.4 is 10.1 Å². The third-order valence-electron chi connectivity index (χ3n) is 1.64. The smallest absolute Gasteiger partial charge is 0.254 e. The molecule has 1 aromatic carbocycles. The quantitative estimate of drug-likeness (QED) is 0.748. The topological polar surface area (TPSA) is 38.3 Å². The molecule has 0 saturated carbocycles. The number of carbonyl (C=O) groups excluding carboxylic acids is 1. The zero-order valence-corrected chi connectivity index (χ0v) is 7.43. The Morgan fingerprint density at radius 1 is 1.54 bits per heavy atom. The third kappa shape index (κ3) is 1.77. The first-order valence-corrected chi connectivity index (χ1v) is 3.75. The summed E-state index contributed by atoms with van der Waals surface area (Å²) >= 11 is 0. The van der Waals surface area contributed by atoms with Crippen molar-refractivity contribution in [2.24, 2.45) is 0 Å². The fraction of sp³-hybridized carbons (Fsp3) is 0.222. The van der Waals surface area contributed by atoms with Gasteiger partial charge in [-0.15, -0.1) is 0 Å². The number of benzene rings is 1. The summed E-state index contributed by atoms with van der Waals surface area (Å²) in [4.78, 5) is 11.2. The van der Waals surface area contributed by atoms with Gasteiger partial charge in [0.25, 0.3) is 5.91 Å². The summed E-state index contributed by atoms with van der Waals surface area (Å²) in [5.41, 5.74) is 0.199. The summed E-state index contributed by atoms with van der Waals surface area (Å²) in [5, 5.41) is 2.40. The van der Waals surface area contributed by atoms with E-state index in [4.69, 9.17) is 4.74 Å². The number of nitrogens with one attached hydrogen (secondary N) is 1. The van der Waals surface area contributed by atoms with Crippen LogP contribution in [0.25, 0.3) is 0 Å². The Kier molecular flexibility index (Phi) is 2.84. The lowest BCUT2D eigenvalue weighted by molar-refractivity contribution is 0.0959. The van der Waals surface area contributed by atoms with Gasteiger partial charge >= 0.3 is 0 Å². The van der Waals surface area contributed by atoms with Crippen LogP contribution >= 0.6 is 0 Å². The van der Waals surface area contributed by atoms with Crippen molar-refractivity contribution < 1.29 is 13.9 Å². The predicted molar refractivity (Wildman–Crippen MR) is 46.3 cm³/mol. The molecule has 0 heterocycles. The molecule has 0 aromatic heterocycles. The number of hydrogen-bond donors (Lipinski definition) is 1. The van der Waals surface area contributed by atoms with Crippen LogP contribution in [-0.2, 0) is 0 Å². The van der Waals surface area contributed by atoms with Crippen molar-refractivity contribution in [2.75, 3.05) is 14.2 Å². The monoisotopic (exact) mass is 183 g/mol. The van der Waals surface area contributed by atoms with Gasteiger partial charge in [-0.05, 0) is 12.1 Å². The van der Waals surface area contributed by atoms with Crippen molar-refractivity contribution in [1.82, 2.24) is 5.32 Å². The van der Waals surface area contributed by atoms with Crippen LogP contribution in [-0.4, -0.2) is 20.1 Å². The normalized spacial score (nSPS) is 9.46. The van der Waals surface area contributed by atoms with Crippen LogP contribution in [0.2, 0.25) is 0 Å².